The molecular weight excluding hydrogens is 300 g/mol. The summed E-state index contributed by atoms with van der Waals surface area (Å²) in [6, 6.07) is 5.75. The Balaban J connectivity index is 1.40. The molecule has 24 heavy (non-hydrogen) atoms. The van der Waals surface area contributed by atoms with Crippen LogP contribution in [0.3, 0.4) is 0 Å². The van der Waals surface area contributed by atoms with Crippen LogP contribution in [0.15, 0.2) is 28.8 Å². The van der Waals surface area contributed by atoms with Crippen LogP contribution in [0.25, 0.3) is 11.6 Å². The van der Waals surface area contributed by atoms with Crippen molar-refractivity contribution in [3.63, 3.8) is 0 Å². The second kappa shape index (κ2) is 7.43. The van der Waals surface area contributed by atoms with Gasteiger partial charge in [-0.1, -0.05) is 25.3 Å². The Labute approximate surface area is 143 Å². The van der Waals surface area contributed by atoms with Gasteiger partial charge in [0.2, 0.25) is 5.89 Å². The van der Waals surface area contributed by atoms with Gasteiger partial charge in [-0.15, -0.1) is 10.2 Å². The second-order valence-corrected chi connectivity index (χ2v) is 7.26. The molecule has 0 bridgehead atoms. The summed E-state index contributed by atoms with van der Waals surface area (Å²) >= 11 is 0. The van der Waals surface area contributed by atoms with E-state index in [-0.39, 0.29) is 0 Å². The van der Waals surface area contributed by atoms with Gasteiger partial charge in [0.1, 0.15) is 5.69 Å². The molecule has 1 aliphatic carbocycles. The van der Waals surface area contributed by atoms with Crippen LogP contribution in [-0.4, -0.2) is 39.7 Å². The molecule has 0 N–H and O–H groups in total. The number of aromatic nitrogens is 3. The number of rotatable bonds is 4. The van der Waals surface area contributed by atoms with Crippen LogP contribution in [0.4, 0.5) is 0 Å². The molecule has 3 heterocycles. The summed E-state index contributed by atoms with van der Waals surface area (Å²) in [4.78, 5) is 6.91. The number of pyridine rings is 1. The van der Waals surface area contributed by atoms with Gasteiger partial charge in [-0.2, -0.15) is 0 Å². The molecule has 2 aliphatic rings. The van der Waals surface area contributed by atoms with E-state index in [9.17, 15) is 0 Å². The largest absolute Gasteiger partial charge is 0.419 e. The van der Waals surface area contributed by atoms with Crippen LogP contribution in [0, 0.1) is 5.92 Å². The zero-order valence-electron chi connectivity index (χ0n) is 14.2. The smallest absolute Gasteiger partial charge is 0.266 e. The maximum atomic E-state index is 5.94. The Kier molecular flexibility index (Phi) is 4.88. The number of piperidine rings is 1. The highest BCUT2D eigenvalue weighted by Gasteiger charge is 2.27. The van der Waals surface area contributed by atoms with Crippen molar-refractivity contribution in [1.29, 1.82) is 0 Å². The molecule has 1 aliphatic heterocycles. The molecular formula is C19H26N4O. The maximum absolute atomic E-state index is 5.94. The lowest BCUT2D eigenvalue weighted by Crippen LogP contribution is -2.38. The normalized spacial score (nSPS) is 23.4. The van der Waals surface area contributed by atoms with E-state index in [2.05, 4.69) is 20.1 Å². The Morgan fingerprint density at radius 2 is 1.96 bits per heavy atom. The lowest BCUT2D eigenvalue weighted by molar-refractivity contribution is 0.152. The van der Waals surface area contributed by atoms with Gasteiger partial charge in [-0.25, -0.2) is 0 Å². The summed E-state index contributed by atoms with van der Waals surface area (Å²) in [5, 5.41) is 8.52. The van der Waals surface area contributed by atoms with Gasteiger partial charge in [0, 0.05) is 19.3 Å². The molecule has 2 fully saturated rings. The molecule has 128 valence electrons. The summed E-state index contributed by atoms with van der Waals surface area (Å²) < 4.78 is 5.94. The predicted octanol–water partition coefficient (Wildman–Crippen LogP) is 3.89. The summed E-state index contributed by atoms with van der Waals surface area (Å²) in [5.41, 5.74) is 0.756. The summed E-state index contributed by atoms with van der Waals surface area (Å²) in [7, 11) is 0. The molecule has 1 atom stereocenters. The van der Waals surface area contributed by atoms with Gasteiger partial charge >= 0.3 is 0 Å². The Hall–Kier alpha value is -1.75. The van der Waals surface area contributed by atoms with Gasteiger partial charge in [0.05, 0.1) is 5.92 Å². The number of hydrogen-bond donors (Lipinski definition) is 0. The standard InChI is InChI=1S/C19H26N4O/c1-2-7-15(8-3-1)13-23-12-6-9-16(14-23)18-21-22-19(24-18)17-10-4-5-11-20-17/h4-5,10-11,15-16H,1-3,6-9,12-14H2/t16-/m0/s1. The first-order valence-corrected chi connectivity index (χ1v) is 9.35. The lowest BCUT2D eigenvalue weighted by Gasteiger charge is -2.34. The zero-order valence-corrected chi connectivity index (χ0v) is 14.2. The molecule has 2 aromatic rings. The third-order valence-corrected chi connectivity index (χ3v) is 5.42. The van der Waals surface area contributed by atoms with Crippen molar-refractivity contribution in [2.24, 2.45) is 5.92 Å². The van der Waals surface area contributed by atoms with Crippen LogP contribution < -0.4 is 0 Å². The average Bonchev–Trinajstić information content (AvgIpc) is 3.14. The molecule has 2 aromatic heterocycles. The molecule has 0 unspecified atom stereocenters. The van der Waals surface area contributed by atoms with Crippen molar-refractivity contribution in [3.05, 3.63) is 30.3 Å². The highest BCUT2D eigenvalue weighted by atomic mass is 16.4. The predicted molar refractivity (Wildman–Crippen MR) is 92.5 cm³/mol. The van der Waals surface area contributed by atoms with Gasteiger partial charge in [-0.05, 0) is 50.3 Å². The molecule has 1 saturated carbocycles. The van der Waals surface area contributed by atoms with E-state index in [1.807, 2.05) is 18.2 Å². The molecule has 1 saturated heterocycles. The van der Waals surface area contributed by atoms with Crippen molar-refractivity contribution in [3.8, 4) is 11.6 Å². The highest BCUT2D eigenvalue weighted by molar-refractivity contribution is 5.44. The fraction of sp³-hybridized carbons (Fsp3) is 0.632. The molecule has 5 heteroatoms. The van der Waals surface area contributed by atoms with Crippen LogP contribution in [-0.2, 0) is 0 Å². The summed E-state index contributed by atoms with van der Waals surface area (Å²) in [5.74, 6) is 2.58. The minimum Gasteiger partial charge on any atom is -0.419 e. The fourth-order valence-corrected chi connectivity index (χ4v) is 4.15. The number of hydrogen-bond acceptors (Lipinski definition) is 5. The molecule has 4 rings (SSSR count). The van der Waals surface area contributed by atoms with Gasteiger partial charge in [0.15, 0.2) is 0 Å². The van der Waals surface area contributed by atoms with Crippen molar-refractivity contribution in [2.75, 3.05) is 19.6 Å². The second-order valence-electron chi connectivity index (χ2n) is 7.26. The minimum atomic E-state index is 0.368. The minimum absolute atomic E-state index is 0.368. The molecule has 0 amide bonds. The highest BCUT2D eigenvalue weighted by Crippen LogP contribution is 2.30. The Morgan fingerprint density at radius 3 is 2.79 bits per heavy atom. The first-order valence-electron chi connectivity index (χ1n) is 9.35. The molecule has 0 spiro atoms. The first-order chi connectivity index (χ1) is 11.9. The summed E-state index contributed by atoms with van der Waals surface area (Å²) in [6.45, 7) is 3.52. The molecule has 5 nitrogen and oxygen atoms in total. The Morgan fingerprint density at radius 1 is 1.04 bits per heavy atom. The van der Waals surface area contributed by atoms with Crippen molar-refractivity contribution in [1.82, 2.24) is 20.1 Å². The van der Waals surface area contributed by atoms with E-state index in [4.69, 9.17) is 4.42 Å². The molecule has 0 aromatic carbocycles. The average molecular weight is 326 g/mol. The summed E-state index contributed by atoms with van der Waals surface area (Å²) in [6.07, 6.45) is 11.2. The van der Waals surface area contributed by atoms with E-state index in [0.29, 0.717) is 11.8 Å². The van der Waals surface area contributed by atoms with Crippen molar-refractivity contribution >= 4 is 0 Å². The zero-order chi connectivity index (χ0) is 16.2. The molecule has 0 radical (unpaired) electrons. The van der Waals surface area contributed by atoms with Crippen molar-refractivity contribution in [2.45, 2.75) is 50.9 Å². The maximum Gasteiger partial charge on any atom is 0.266 e. The van der Waals surface area contributed by atoms with Gasteiger partial charge < -0.3 is 9.32 Å². The van der Waals surface area contributed by atoms with Crippen molar-refractivity contribution < 1.29 is 4.42 Å². The van der Waals surface area contributed by atoms with E-state index in [0.717, 1.165) is 30.5 Å². The van der Waals surface area contributed by atoms with E-state index >= 15 is 0 Å². The third-order valence-electron chi connectivity index (χ3n) is 5.42. The number of likely N-dealkylation sites (tertiary alicyclic amines) is 1. The van der Waals surface area contributed by atoms with Crippen LogP contribution in [0.5, 0.6) is 0 Å². The van der Waals surface area contributed by atoms with Gasteiger partial charge in [-0.3, -0.25) is 4.98 Å². The van der Waals surface area contributed by atoms with Crippen LogP contribution in [0.1, 0.15) is 56.8 Å². The topological polar surface area (TPSA) is 55.1 Å². The van der Waals surface area contributed by atoms with E-state index in [1.54, 1.807) is 6.20 Å². The third kappa shape index (κ3) is 3.66. The SMILES string of the molecule is c1ccc(-c2nnc([C@H]3CCCN(CC4CCCCC4)C3)o2)nc1. The van der Waals surface area contributed by atoms with Gasteiger partial charge in [0.25, 0.3) is 5.89 Å². The van der Waals surface area contributed by atoms with Crippen LogP contribution in [0.2, 0.25) is 0 Å². The van der Waals surface area contributed by atoms with E-state index < -0.39 is 0 Å². The van der Waals surface area contributed by atoms with Crippen LogP contribution >= 0.6 is 0 Å². The quantitative estimate of drug-likeness (QED) is 0.853. The fourth-order valence-electron chi connectivity index (χ4n) is 4.15. The first kappa shape index (κ1) is 15.8. The number of nitrogens with zero attached hydrogens (tertiary/aromatic N) is 4. The Bertz CT molecular complexity index is 636. The lowest BCUT2D eigenvalue weighted by atomic mass is 9.88. The van der Waals surface area contributed by atoms with E-state index in [1.165, 1.54) is 51.6 Å². The monoisotopic (exact) mass is 326 g/mol.